The number of nitrogens with zero attached hydrogens (tertiary/aromatic N) is 5. The highest BCUT2D eigenvalue weighted by Crippen LogP contribution is 2.21. The SMILES string of the molecule is CCCn1cc(-c2cncc(CC3CCN(C)CC3)n2)cn1. The summed E-state index contributed by atoms with van der Waals surface area (Å²) in [6.07, 6.45) is 12.4. The topological polar surface area (TPSA) is 46.8 Å². The summed E-state index contributed by atoms with van der Waals surface area (Å²) >= 11 is 0. The Morgan fingerprint density at radius 2 is 2.00 bits per heavy atom. The smallest absolute Gasteiger partial charge is 0.0920 e. The summed E-state index contributed by atoms with van der Waals surface area (Å²) in [5, 5.41) is 4.38. The van der Waals surface area contributed by atoms with Gasteiger partial charge in [-0.1, -0.05) is 6.92 Å². The van der Waals surface area contributed by atoms with Crippen molar-refractivity contribution in [1.82, 2.24) is 24.6 Å². The molecule has 5 heteroatoms. The first-order chi connectivity index (χ1) is 10.7. The van der Waals surface area contributed by atoms with Crippen molar-refractivity contribution in [3.63, 3.8) is 0 Å². The molecule has 0 saturated carbocycles. The van der Waals surface area contributed by atoms with Crippen LogP contribution in [0.2, 0.25) is 0 Å². The van der Waals surface area contributed by atoms with Crippen molar-refractivity contribution in [2.75, 3.05) is 20.1 Å². The first kappa shape index (κ1) is 15.2. The zero-order chi connectivity index (χ0) is 15.4. The second-order valence-corrected chi connectivity index (χ2v) is 6.34. The van der Waals surface area contributed by atoms with Crippen LogP contribution in [-0.2, 0) is 13.0 Å². The molecule has 0 amide bonds. The van der Waals surface area contributed by atoms with Gasteiger partial charge in [-0.05, 0) is 51.7 Å². The van der Waals surface area contributed by atoms with Gasteiger partial charge >= 0.3 is 0 Å². The largest absolute Gasteiger partial charge is 0.306 e. The van der Waals surface area contributed by atoms with Gasteiger partial charge in [-0.2, -0.15) is 5.10 Å². The van der Waals surface area contributed by atoms with Crippen molar-refractivity contribution in [2.45, 2.75) is 39.2 Å². The molecule has 0 unspecified atom stereocenters. The molecule has 0 radical (unpaired) electrons. The van der Waals surface area contributed by atoms with Crippen molar-refractivity contribution in [3.8, 4) is 11.3 Å². The van der Waals surface area contributed by atoms with Crippen LogP contribution in [0.1, 0.15) is 31.9 Å². The van der Waals surface area contributed by atoms with Crippen molar-refractivity contribution in [1.29, 1.82) is 0 Å². The van der Waals surface area contributed by atoms with Crippen molar-refractivity contribution < 1.29 is 0 Å². The van der Waals surface area contributed by atoms with Crippen LogP contribution in [0.5, 0.6) is 0 Å². The molecular formula is C17H25N5. The zero-order valence-electron chi connectivity index (χ0n) is 13.6. The van der Waals surface area contributed by atoms with Gasteiger partial charge in [0.05, 0.1) is 23.8 Å². The fraction of sp³-hybridized carbons (Fsp3) is 0.588. The highest BCUT2D eigenvalue weighted by atomic mass is 15.3. The second-order valence-electron chi connectivity index (χ2n) is 6.34. The van der Waals surface area contributed by atoms with Crippen LogP contribution < -0.4 is 0 Å². The Bertz CT molecular complexity index is 599. The number of piperidine rings is 1. The molecule has 2 aromatic heterocycles. The third-order valence-electron chi connectivity index (χ3n) is 4.40. The molecule has 22 heavy (non-hydrogen) atoms. The molecule has 0 spiro atoms. The number of likely N-dealkylation sites (tertiary alicyclic amines) is 1. The van der Waals surface area contributed by atoms with Crippen LogP contribution in [0.4, 0.5) is 0 Å². The molecule has 0 aliphatic carbocycles. The van der Waals surface area contributed by atoms with E-state index in [1.165, 1.54) is 25.9 Å². The number of rotatable bonds is 5. The third-order valence-corrected chi connectivity index (χ3v) is 4.40. The normalized spacial score (nSPS) is 17.0. The van der Waals surface area contributed by atoms with Crippen molar-refractivity contribution >= 4 is 0 Å². The van der Waals surface area contributed by atoms with Crippen LogP contribution in [0, 0.1) is 5.92 Å². The minimum Gasteiger partial charge on any atom is -0.306 e. The van der Waals surface area contributed by atoms with Crippen LogP contribution in [0.15, 0.2) is 24.8 Å². The summed E-state index contributed by atoms with van der Waals surface area (Å²) in [5.41, 5.74) is 3.11. The summed E-state index contributed by atoms with van der Waals surface area (Å²) in [4.78, 5) is 11.6. The van der Waals surface area contributed by atoms with Gasteiger partial charge in [0.2, 0.25) is 0 Å². The van der Waals surface area contributed by atoms with Crippen LogP contribution in [0.3, 0.4) is 0 Å². The lowest BCUT2D eigenvalue weighted by Crippen LogP contribution is -2.31. The van der Waals surface area contributed by atoms with E-state index in [0.717, 1.165) is 42.3 Å². The summed E-state index contributed by atoms with van der Waals surface area (Å²) in [6.45, 7) is 5.50. The van der Waals surface area contributed by atoms with E-state index < -0.39 is 0 Å². The highest BCUT2D eigenvalue weighted by Gasteiger charge is 2.18. The molecule has 3 rings (SSSR count). The van der Waals surface area contributed by atoms with Crippen molar-refractivity contribution in [3.05, 3.63) is 30.5 Å². The minimum atomic E-state index is 0.739. The number of hydrogen-bond acceptors (Lipinski definition) is 4. The van der Waals surface area contributed by atoms with Crippen LogP contribution >= 0.6 is 0 Å². The van der Waals surface area contributed by atoms with Gasteiger partial charge in [0.15, 0.2) is 0 Å². The maximum atomic E-state index is 4.80. The standard InChI is InChI=1S/C17H25N5/c1-3-6-22-13-15(10-19-22)17-12-18-11-16(20-17)9-14-4-7-21(2)8-5-14/h10-14H,3-9H2,1-2H3. The third kappa shape index (κ3) is 3.71. The zero-order valence-corrected chi connectivity index (χ0v) is 13.6. The van der Waals surface area contributed by atoms with Gasteiger partial charge in [-0.3, -0.25) is 9.67 Å². The van der Waals surface area contributed by atoms with E-state index in [1.807, 2.05) is 23.3 Å². The predicted octanol–water partition coefficient (Wildman–Crippen LogP) is 2.63. The minimum absolute atomic E-state index is 0.739. The van der Waals surface area contributed by atoms with Crippen LogP contribution in [0.25, 0.3) is 11.3 Å². The highest BCUT2D eigenvalue weighted by molar-refractivity contribution is 5.55. The van der Waals surface area contributed by atoms with E-state index in [4.69, 9.17) is 4.98 Å². The lowest BCUT2D eigenvalue weighted by molar-refractivity contribution is 0.218. The maximum absolute atomic E-state index is 4.80. The first-order valence-electron chi connectivity index (χ1n) is 8.27. The molecule has 2 aromatic rings. The summed E-state index contributed by atoms with van der Waals surface area (Å²) in [6, 6.07) is 0. The van der Waals surface area contributed by atoms with Gasteiger partial charge in [0.25, 0.3) is 0 Å². The Kier molecular flexibility index (Phi) is 4.83. The van der Waals surface area contributed by atoms with E-state index in [-0.39, 0.29) is 0 Å². The van der Waals surface area contributed by atoms with E-state index in [9.17, 15) is 0 Å². The predicted molar refractivity (Wildman–Crippen MR) is 87.5 cm³/mol. The molecule has 5 nitrogen and oxygen atoms in total. The fourth-order valence-corrected chi connectivity index (χ4v) is 3.05. The molecule has 1 aliphatic heterocycles. The molecule has 0 atom stereocenters. The van der Waals surface area contributed by atoms with Crippen LogP contribution in [-0.4, -0.2) is 44.8 Å². The van der Waals surface area contributed by atoms with Gasteiger partial charge in [-0.25, -0.2) is 4.98 Å². The summed E-state index contributed by atoms with van der Waals surface area (Å²) in [5.74, 6) is 0.739. The molecule has 118 valence electrons. The van der Waals surface area contributed by atoms with E-state index in [1.54, 1.807) is 0 Å². The van der Waals surface area contributed by atoms with E-state index >= 15 is 0 Å². The quantitative estimate of drug-likeness (QED) is 0.851. The summed E-state index contributed by atoms with van der Waals surface area (Å²) in [7, 11) is 2.20. The lowest BCUT2D eigenvalue weighted by Gasteiger charge is -2.28. The molecule has 0 bridgehead atoms. The van der Waals surface area contributed by atoms with E-state index in [2.05, 4.69) is 35.2 Å². The van der Waals surface area contributed by atoms with Gasteiger partial charge in [0.1, 0.15) is 0 Å². The molecule has 0 aromatic carbocycles. The van der Waals surface area contributed by atoms with Gasteiger partial charge in [0, 0.05) is 24.5 Å². The molecule has 1 aliphatic rings. The lowest BCUT2D eigenvalue weighted by atomic mass is 9.92. The average molecular weight is 299 g/mol. The molecular weight excluding hydrogens is 274 g/mol. The Hall–Kier alpha value is -1.75. The second kappa shape index (κ2) is 7.01. The number of hydrogen-bond donors (Lipinski definition) is 0. The van der Waals surface area contributed by atoms with Gasteiger partial charge < -0.3 is 4.90 Å². The Morgan fingerprint density at radius 1 is 1.18 bits per heavy atom. The van der Waals surface area contributed by atoms with E-state index in [0.29, 0.717) is 0 Å². The molecule has 0 N–H and O–H groups in total. The molecule has 1 fully saturated rings. The first-order valence-corrected chi connectivity index (χ1v) is 8.27. The van der Waals surface area contributed by atoms with Crippen molar-refractivity contribution in [2.24, 2.45) is 5.92 Å². The molecule has 3 heterocycles. The Labute approximate surface area is 132 Å². The number of aryl methyl sites for hydroxylation is 1. The monoisotopic (exact) mass is 299 g/mol. The average Bonchev–Trinajstić information content (AvgIpc) is 2.99. The maximum Gasteiger partial charge on any atom is 0.0920 e. The molecule has 1 saturated heterocycles. The van der Waals surface area contributed by atoms with Gasteiger partial charge in [-0.15, -0.1) is 0 Å². The Balaban J connectivity index is 1.69. The number of aromatic nitrogens is 4. The fourth-order valence-electron chi connectivity index (χ4n) is 3.05. The Morgan fingerprint density at radius 3 is 2.77 bits per heavy atom. The summed E-state index contributed by atoms with van der Waals surface area (Å²) < 4.78 is 1.97.